The lowest BCUT2D eigenvalue weighted by molar-refractivity contribution is -0.102. The molecular formula is C4H7BrF3I. The van der Waals surface area contributed by atoms with E-state index >= 15 is 0 Å². The third kappa shape index (κ3) is 27.6. The van der Waals surface area contributed by atoms with Crippen molar-refractivity contribution in [1.29, 1.82) is 0 Å². The van der Waals surface area contributed by atoms with E-state index < -0.39 is 10.6 Å². The summed E-state index contributed by atoms with van der Waals surface area (Å²) in [5.41, 5.74) is 0. The Labute approximate surface area is 74.5 Å². The van der Waals surface area contributed by atoms with Gasteiger partial charge in [-0.25, -0.2) is 0 Å². The molecule has 5 heteroatoms. The van der Waals surface area contributed by atoms with Crippen molar-refractivity contribution >= 4 is 38.5 Å². The molecule has 0 saturated heterocycles. The van der Waals surface area contributed by atoms with E-state index in [9.17, 15) is 13.2 Å². The maximum Gasteiger partial charge on any atom is 0.397 e. The van der Waals surface area contributed by atoms with E-state index in [2.05, 4.69) is 15.9 Å². The highest BCUT2D eigenvalue weighted by Gasteiger charge is 2.23. The Morgan fingerprint density at radius 3 is 1.56 bits per heavy atom. The molecule has 9 heavy (non-hydrogen) atoms. The Morgan fingerprint density at radius 2 is 1.56 bits per heavy atom. The molecule has 0 aromatic heterocycles. The second-order valence-corrected chi connectivity index (χ2v) is 2.90. The second-order valence-electron chi connectivity index (χ2n) is 1.02. The lowest BCUT2D eigenvalue weighted by atomic mass is 10.8. The molecule has 0 fully saturated rings. The van der Waals surface area contributed by atoms with E-state index in [0.29, 0.717) is 0 Å². The number of hydrogen-bond donors (Lipinski definition) is 0. The van der Waals surface area contributed by atoms with Crippen LogP contribution in [0.2, 0.25) is 0 Å². The molecule has 0 saturated carbocycles. The minimum absolute atomic E-state index is 0.759. The van der Waals surface area contributed by atoms with Gasteiger partial charge in [0.05, 0.1) is 4.43 Å². The summed E-state index contributed by atoms with van der Waals surface area (Å²) in [6, 6.07) is 0. The summed E-state index contributed by atoms with van der Waals surface area (Å²) in [6.07, 6.45) is -3.97. The Morgan fingerprint density at radius 1 is 1.44 bits per heavy atom. The van der Waals surface area contributed by atoms with Gasteiger partial charge in [-0.1, -0.05) is 45.4 Å². The maximum atomic E-state index is 10.8. The zero-order valence-electron chi connectivity index (χ0n) is 4.80. The number of rotatable bonds is 0. The highest BCUT2D eigenvalue weighted by molar-refractivity contribution is 14.1. The Hall–Kier alpha value is 1.00. The fourth-order valence-electron chi connectivity index (χ4n) is 0. The van der Waals surface area contributed by atoms with Gasteiger partial charge < -0.3 is 0 Å². The fraction of sp³-hybridized carbons (Fsp3) is 1.00. The van der Waals surface area contributed by atoms with Gasteiger partial charge in [0.2, 0.25) is 0 Å². The van der Waals surface area contributed by atoms with E-state index in [0.717, 1.165) is 5.33 Å². The summed E-state index contributed by atoms with van der Waals surface area (Å²) in [4.78, 5) is 0. The summed E-state index contributed by atoms with van der Waals surface area (Å²) < 4.78 is 31.6. The Kier molecular flexibility index (Phi) is 10.0. The van der Waals surface area contributed by atoms with Crippen molar-refractivity contribution in [2.24, 2.45) is 0 Å². The van der Waals surface area contributed by atoms with Gasteiger partial charge in [0, 0.05) is 5.33 Å². The van der Waals surface area contributed by atoms with Gasteiger partial charge in [-0.05, 0) is 0 Å². The summed E-state index contributed by atoms with van der Waals surface area (Å²) >= 11 is 4.42. The average molecular weight is 319 g/mol. The highest BCUT2D eigenvalue weighted by Crippen LogP contribution is 2.16. The van der Waals surface area contributed by atoms with Crippen LogP contribution in [0.4, 0.5) is 13.2 Å². The van der Waals surface area contributed by atoms with Crippen LogP contribution in [0.5, 0.6) is 0 Å². The Balaban J connectivity index is 0. The quantitative estimate of drug-likeness (QED) is 0.474. The number of alkyl halides is 5. The first-order chi connectivity index (χ1) is 3.97. The summed E-state index contributed by atoms with van der Waals surface area (Å²) in [7, 11) is 0. The SMILES string of the molecule is CCBr.FC(F)(F)CI. The standard InChI is InChI=1S/C2H5Br.C2H2F3I/c1-2-3;3-2(4,5)1-6/h2H2,1H3;1H2. The molecule has 0 aliphatic heterocycles. The molecular weight excluding hydrogens is 312 g/mol. The predicted octanol–water partition coefficient (Wildman–Crippen LogP) is 3.38. The lowest BCUT2D eigenvalue weighted by Crippen LogP contribution is -2.07. The second kappa shape index (κ2) is 7.11. The molecule has 0 bridgehead atoms. The highest BCUT2D eigenvalue weighted by atomic mass is 127. The molecule has 0 aliphatic carbocycles. The normalized spacial score (nSPS) is 10.0. The van der Waals surface area contributed by atoms with Crippen LogP contribution in [0.1, 0.15) is 6.92 Å². The number of halogens is 5. The van der Waals surface area contributed by atoms with E-state index in [4.69, 9.17) is 0 Å². The number of hydrogen-bond acceptors (Lipinski definition) is 0. The van der Waals surface area contributed by atoms with E-state index in [1.165, 1.54) is 22.6 Å². The summed E-state index contributed by atoms with van der Waals surface area (Å²) in [5.74, 6) is 0. The molecule has 0 N–H and O–H groups in total. The molecule has 0 rings (SSSR count). The van der Waals surface area contributed by atoms with Crippen molar-refractivity contribution < 1.29 is 13.2 Å². The first-order valence-electron chi connectivity index (χ1n) is 2.16. The molecule has 0 unspecified atom stereocenters. The van der Waals surface area contributed by atoms with Crippen molar-refractivity contribution in [3.05, 3.63) is 0 Å². The largest absolute Gasteiger partial charge is 0.397 e. The van der Waals surface area contributed by atoms with Crippen molar-refractivity contribution in [3.8, 4) is 0 Å². The smallest absolute Gasteiger partial charge is 0.170 e. The minimum Gasteiger partial charge on any atom is -0.170 e. The first-order valence-corrected chi connectivity index (χ1v) is 4.81. The summed E-state index contributed by atoms with van der Waals surface area (Å²) in [6.45, 7) is 2.04. The maximum absolute atomic E-state index is 10.8. The molecule has 0 aliphatic rings. The van der Waals surface area contributed by atoms with E-state index in [1.807, 2.05) is 6.92 Å². The molecule has 0 atom stereocenters. The summed E-state index contributed by atoms with van der Waals surface area (Å²) in [5, 5.41) is 1.06. The van der Waals surface area contributed by atoms with Crippen LogP contribution in [0, 0.1) is 0 Å². The average Bonchev–Trinajstić information content (AvgIpc) is 1.67. The predicted molar refractivity (Wildman–Crippen MR) is 44.4 cm³/mol. The van der Waals surface area contributed by atoms with E-state index in [-0.39, 0.29) is 0 Å². The van der Waals surface area contributed by atoms with Crippen molar-refractivity contribution in [2.45, 2.75) is 13.1 Å². The first kappa shape index (κ1) is 12.7. The molecule has 58 valence electrons. The monoisotopic (exact) mass is 318 g/mol. The molecule has 0 spiro atoms. The van der Waals surface area contributed by atoms with Gasteiger partial charge in [0.15, 0.2) is 0 Å². The Bertz CT molecular complexity index is 54.3. The molecule has 0 nitrogen and oxygen atoms in total. The van der Waals surface area contributed by atoms with Gasteiger partial charge in [0.1, 0.15) is 0 Å². The van der Waals surface area contributed by atoms with Crippen LogP contribution >= 0.6 is 38.5 Å². The van der Waals surface area contributed by atoms with Crippen LogP contribution in [-0.2, 0) is 0 Å². The molecule has 0 heterocycles. The van der Waals surface area contributed by atoms with Gasteiger partial charge >= 0.3 is 6.18 Å². The van der Waals surface area contributed by atoms with Gasteiger partial charge in [-0.15, -0.1) is 0 Å². The zero-order chi connectivity index (χ0) is 7.91. The zero-order valence-corrected chi connectivity index (χ0v) is 8.55. The molecule has 0 radical (unpaired) electrons. The van der Waals surface area contributed by atoms with Crippen LogP contribution in [-0.4, -0.2) is 15.9 Å². The minimum atomic E-state index is -3.97. The van der Waals surface area contributed by atoms with Gasteiger partial charge in [0.25, 0.3) is 0 Å². The van der Waals surface area contributed by atoms with Gasteiger partial charge in [-0.3, -0.25) is 0 Å². The van der Waals surface area contributed by atoms with Crippen molar-refractivity contribution in [1.82, 2.24) is 0 Å². The van der Waals surface area contributed by atoms with Crippen LogP contribution in [0.3, 0.4) is 0 Å². The van der Waals surface area contributed by atoms with Crippen LogP contribution < -0.4 is 0 Å². The lowest BCUT2D eigenvalue weighted by Gasteiger charge is -1.95. The molecule has 0 amide bonds. The topological polar surface area (TPSA) is 0 Å². The molecule has 0 aromatic carbocycles. The molecule has 0 aromatic rings. The van der Waals surface area contributed by atoms with Gasteiger partial charge in [-0.2, -0.15) is 13.2 Å². The van der Waals surface area contributed by atoms with Crippen LogP contribution in [0.15, 0.2) is 0 Å². The van der Waals surface area contributed by atoms with Crippen LogP contribution in [0.25, 0.3) is 0 Å². The fourth-order valence-corrected chi connectivity index (χ4v) is 0. The van der Waals surface area contributed by atoms with E-state index in [1.54, 1.807) is 0 Å². The van der Waals surface area contributed by atoms with Crippen molar-refractivity contribution in [2.75, 3.05) is 9.76 Å². The van der Waals surface area contributed by atoms with Crippen molar-refractivity contribution in [3.63, 3.8) is 0 Å². The third-order valence-electron chi connectivity index (χ3n) is 0.152. The third-order valence-corrected chi connectivity index (χ3v) is 1.02.